The average molecular weight is 273 g/mol. The minimum absolute atomic E-state index is 0.261. The zero-order chi connectivity index (χ0) is 14.2. The first-order chi connectivity index (χ1) is 9.77. The van der Waals surface area contributed by atoms with Crippen LogP contribution >= 0.6 is 0 Å². The number of likely N-dealkylation sites (tertiary alicyclic amines) is 1. The highest BCUT2D eigenvalue weighted by atomic mass is 16.2. The van der Waals surface area contributed by atoms with E-state index < -0.39 is 0 Å². The van der Waals surface area contributed by atoms with Gasteiger partial charge in [-0.3, -0.25) is 4.79 Å². The van der Waals surface area contributed by atoms with Crippen molar-refractivity contribution >= 4 is 5.91 Å². The zero-order valence-corrected chi connectivity index (χ0v) is 12.7. The van der Waals surface area contributed by atoms with E-state index in [1.807, 2.05) is 0 Å². The Morgan fingerprint density at radius 2 is 1.90 bits per heavy atom. The normalized spacial score (nSPS) is 18.4. The molecule has 0 unspecified atom stereocenters. The Bertz CT molecular complexity index is 401. The molecule has 1 fully saturated rings. The minimum Gasteiger partial charge on any atom is -0.340 e. The van der Waals surface area contributed by atoms with Crippen LogP contribution in [0.5, 0.6) is 0 Å². The molecule has 2 heteroatoms. The molecule has 1 aromatic carbocycles. The predicted octanol–water partition coefficient (Wildman–Crippen LogP) is 4.19. The lowest BCUT2D eigenvalue weighted by molar-refractivity contribution is -0.129. The maximum absolute atomic E-state index is 11.5. The van der Waals surface area contributed by atoms with E-state index in [1.165, 1.54) is 56.9 Å². The SMILES string of the molecule is CC(=O)N1CCC[C@H]1CCCCCCc1ccccc1. The summed E-state index contributed by atoms with van der Waals surface area (Å²) in [5.74, 6) is 0.261. The van der Waals surface area contributed by atoms with Crippen LogP contribution in [0, 0.1) is 0 Å². The van der Waals surface area contributed by atoms with Crippen LogP contribution in [-0.4, -0.2) is 23.4 Å². The van der Waals surface area contributed by atoms with Crippen molar-refractivity contribution in [3.8, 4) is 0 Å². The molecule has 1 aliphatic rings. The van der Waals surface area contributed by atoms with E-state index in [-0.39, 0.29) is 5.91 Å². The highest BCUT2D eigenvalue weighted by molar-refractivity contribution is 5.73. The van der Waals surface area contributed by atoms with Crippen molar-refractivity contribution in [3.05, 3.63) is 35.9 Å². The van der Waals surface area contributed by atoms with Gasteiger partial charge in [-0.2, -0.15) is 0 Å². The number of unbranched alkanes of at least 4 members (excludes halogenated alkanes) is 3. The lowest BCUT2D eigenvalue weighted by Gasteiger charge is -2.23. The second-order valence-electron chi connectivity index (χ2n) is 5.95. The Morgan fingerprint density at radius 3 is 2.65 bits per heavy atom. The summed E-state index contributed by atoms with van der Waals surface area (Å²) in [6.45, 7) is 2.69. The van der Waals surface area contributed by atoms with Crippen LogP contribution in [0.25, 0.3) is 0 Å². The van der Waals surface area contributed by atoms with E-state index in [0.717, 1.165) is 6.54 Å². The first-order valence-electron chi connectivity index (χ1n) is 8.08. The molecular formula is C18H27NO. The summed E-state index contributed by atoms with van der Waals surface area (Å²) in [6.07, 6.45) is 9.96. The largest absolute Gasteiger partial charge is 0.340 e. The molecule has 110 valence electrons. The van der Waals surface area contributed by atoms with Crippen molar-refractivity contribution in [2.24, 2.45) is 0 Å². The van der Waals surface area contributed by atoms with Gasteiger partial charge in [-0.15, -0.1) is 0 Å². The molecule has 1 saturated heterocycles. The number of rotatable bonds is 7. The number of aryl methyl sites for hydroxylation is 1. The second-order valence-corrected chi connectivity index (χ2v) is 5.95. The third kappa shape index (κ3) is 4.66. The molecule has 2 nitrogen and oxygen atoms in total. The van der Waals surface area contributed by atoms with Crippen LogP contribution in [0.15, 0.2) is 30.3 Å². The van der Waals surface area contributed by atoms with Crippen molar-refractivity contribution in [1.82, 2.24) is 4.90 Å². The summed E-state index contributed by atoms with van der Waals surface area (Å²) >= 11 is 0. The molecule has 0 bridgehead atoms. The lowest BCUT2D eigenvalue weighted by atomic mass is 10.0. The van der Waals surface area contributed by atoms with Crippen LogP contribution in [0.2, 0.25) is 0 Å². The molecule has 0 radical (unpaired) electrons. The zero-order valence-electron chi connectivity index (χ0n) is 12.7. The smallest absolute Gasteiger partial charge is 0.219 e. The van der Waals surface area contributed by atoms with E-state index >= 15 is 0 Å². The molecule has 0 N–H and O–H groups in total. The Kier molecular flexibility index (Phi) is 6.10. The van der Waals surface area contributed by atoms with Gasteiger partial charge in [0.15, 0.2) is 0 Å². The number of hydrogen-bond donors (Lipinski definition) is 0. The van der Waals surface area contributed by atoms with Gasteiger partial charge in [-0.1, -0.05) is 49.6 Å². The summed E-state index contributed by atoms with van der Waals surface area (Å²) in [6, 6.07) is 11.3. The van der Waals surface area contributed by atoms with Crippen molar-refractivity contribution in [3.63, 3.8) is 0 Å². The van der Waals surface area contributed by atoms with Crippen molar-refractivity contribution in [1.29, 1.82) is 0 Å². The summed E-state index contributed by atoms with van der Waals surface area (Å²) in [5.41, 5.74) is 1.45. The number of carbonyl (C=O) groups is 1. The third-order valence-corrected chi connectivity index (χ3v) is 4.38. The van der Waals surface area contributed by atoms with E-state index in [4.69, 9.17) is 0 Å². The summed E-state index contributed by atoms with van der Waals surface area (Å²) in [4.78, 5) is 13.5. The van der Waals surface area contributed by atoms with Gasteiger partial charge < -0.3 is 4.90 Å². The van der Waals surface area contributed by atoms with Crippen molar-refractivity contribution < 1.29 is 4.79 Å². The first kappa shape index (κ1) is 15.1. The molecule has 0 saturated carbocycles. The number of hydrogen-bond acceptors (Lipinski definition) is 1. The van der Waals surface area contributed by atoms with E-state index in [0.29, 0.717) is 6.04 Å². The maximum atomic E-state index is 11.5. The highest BCUT2D eigenvalue weighted by Gasteiger charge is 2.25. The van der Waals surface area contributed by atoms with Gasteiger partial charge in [0.25, 0.3) is 0 Å². The van der Waals surface area contributed by atoms with E-state index in [1.54, 1.807) is 6.92 Å². The quantitative estimate of drug-likeness (QED) is 0.682. The Morgan fingerprint density at radius 1 is 1.15 bits per heavy atom. The second kappa shape index (κ2) is 8.08. The molecule has 1 amide bonds. The third-order valence-electron chi connectivity index (χ3n) is 4.38. The highest BCUT2D eigenvalue weighted by Crippen LogP contribution is 2.22. The lowest BCUT2D eigenvalue weighted by Crippen LogP contribution is -2.33. The number of carbonyl (C=O) groups excluding carboxylic acids is 1. The molecule has 20 heavy (non-hydrogen) atoms. The molecule has 1 aliphatic heterocycles. The molecule has 0 spiro atoms. The number of amides is 1. The maximum Gasteiger partial charge on any atom is 0.219 e. The topological polar surface area (TPSA) is 20.3 Å². The minimum atomic E-state index is 0.261. The van der Waals surface area contributed by atoms with Crippen molar-refractivity contribution in [2.45, 2.75) is 64.3 Å². The van der Waals surface area contributed by atoms with Crippen LogP contribution < -0.4 is 0 Å². The van der Waals surface area contributed by atoms with Crippen LogP contribution in [-0.2, 0) is 11.2 Å². The fourth-order valence-electron chi connectivity index (χ4n) is 3.26. The van der Waals surface area contributed by atoms with Gasteiger partial charge in [0.05, 0.1) is 0 Å². The first-order valence-corrected chi connectivity index (χ1v) is 8.08. The fourth-order valence-corrected chi connectivity index (χ4v) is 3.26. The average Bonchev–Trinajstić information content (AvgIpc) is 2.92. The standard InChI is InChI=1S/C18H27NO/c1-16(20)19-15-9-14-18(19)13-8-3-2-5-10-17-11-6-4-7-12-17/h4,6-7,11-12,18H,2-3,5,8-10,13-15H2,1H3/t18-/m1/s1. The monoisotopic (exact) mass is 273 g/mol. The molecule has 0 aliphatic carbocycles. The molecule has 1 aromatic rings. The molecule has 1 heterocycles. The van der Waals surface area contributed by atoms with E-state index in [9.17, 15) is 4.79 Å². The summed E-state index contributed by atoms with van der Waals surface area (Å²) in [5, 5.41) is 0. The summed E-state index contributed by atoms with van der Waals surface area (Å²) < 4.78 is 0. The van der Waals surface area contributed by atoms with Gasteiger partial charge in [-0.05, 0) is 37.7 Å². The Balaban J connectivity index is 1.54. The molecule has 2 rings (SSSR count). The Hall–Kier alpha value is -1.31. The van der Waals surface area contributed by atoms with Gasteiger partial charge >= 0.3 is 0 Å². The van der Waals surface area contributed by atoms with Crippen molar-refractivity contribution in [2.75, 3.05) is 6.54 Å². The predicted molar refractivity (Wildman–Crippen MR) is 83.6 cm³/mol. The number of benzene rings is 1. The van der Waals surface area contributed by atoms with Crippen LogP contribution in [0.1, 0.15) is 57.4 Å². The molecule has 0 aromatic heterocycles. The van der Waals surface area contributed by atoms with Gasteiger partial charge in [0.2, 0.25) is 5.91 Å². The molecular weight excluding hydrogens is 246 g/mol. The van der Waals surface area contributed by atoms with Crippen LogP contribution in [0.3, 0.4) is 0 Å². The van der Waals surface area contributed by atoms with Gasteiger partial charge in [0, 0.05) is 19.5 Å². The van der Waals surface area contributed by atoms with Crippen LogP contribution in [0.4, 0.5) is 0 Å². The fraction of sp³-hybridized carbons (Fsp3) is 0.611. The van der Waals surface area contributed by atoms with E-state index in [2.05, 4.69) is 35.2 Å². The number of nitrogens with zero attached hydrogens (tertiary/aromatic N) is 1. The summed E-state index contributed by atoms with van der Waals surface area (Å²) in [7, 11) is 0. The molecule has 1 atom stereocenters. The van der Waals surface area contributed by atoms with Gasteiger partial charge in [0.1, 0.15) is 0 Å². The Labute approximate surface area is 123 Å². The van der Waals surface area contributed by atoms with Gasteiger partial charge in [-0.25, -0.2) is 0 Å².